The first-order chi connectivity index (χ1) is 8.11. The van der Waals surface area contributed by atoms with Crippen molar-refractivity contribution in [3.05, 3.63) is 32.6 Å². The van der Waals surface area contributed by atoms with Gasteiger partial charge in [0.1, 0.15) is 0 Å². The first-order valence-corrected chi connectivity index (χ1v) is 6.04. The van der Waals surface area contributed by atoms with Crippen LogP contribution in [-0.2, 0) is 0 Å². The Hall–Kier alpha value is -1.36. The molecule has 0 bridgehead atoms. The van der Waals surface area contributed by atoms with Crippen molar-refractivity contribution in [3.8, 4) is 0 Å². The Labute approximate surface area is 98.1 Å². The summed E-state index contributed by atoms with van der Waals surface area (Å²) in [7, 11) is 0. The lowest BCUT2D eigenvalue weighted by Gasteiger charge is -2.16. The summed E-state index contributed by atoms with van der Waals surface area (Å²) in [5.74, 6) is 1.60. The van der Waals surface area contributed by atoms with E-state index in [-0.39, 0.29) is 23.9 Å². The lowest BCUT2D eigenvalue weighted by Crippen LogP contribution is -2.33. The third kappa shape index (κ3) is 1.57. The normalized spacial score (nSPS) is 34.7. The van der Waals surface area contributed by atoms with Crippen LogP contribution in [-0.4, -0.2) is 21.3 Å². The molecule has 2 saturated carbocycles. The molecule has 92 valence electrons. The molecule has 1 aromatic rings. The number of aliphatic hydroxyl groups excluding tert-OH is 1. The zero-order valence-corrected chi connectivity index (χ0v) is 9.72. The molecule has 0 aromatic carbocycles. The van der Waals surface area contributed by atoms with Gasteiger partial charge >= 0.3 is 5.69 Å². The topological polar surface area (TPSA) is 75.1 Å². The van der Waals surface area contributed by atoms with E-state index in [0.29, 0.717) is 23.3 Å². The molecule has 0 saturated heterocycles. The maximum atomic E-state index is 11.7. The van der Waals surface area contributed by atoms with Gasteiger partial charge in [0.25, 0.3) is 5.56 Å². The third-order valence-corrected chi connectivity index (χ3v) is 4.35. The van der Waals surface area contributed by atoms with Crippen LogP contribution >= 0.6 is 0 Å². The second-order valence-corrected chi connectivity index (χ2v) is 5.28. The second-order valence-electron chi connectivity index (χ2n) is 5.28. The van der Waals surface area contributed by atoms with Gasteiger partial charge in [-0.3, -0.25) is 14.3 Å². The molecular weight excluding hydrogens is 220 g/mol. The quantitative estimate of drug-likeness (QED) is 0.761. The van der Waals surface area contributed by atoms with Crippen LogP contribution in [0.15, 0.2) is 15.8 Å². The minimum atomic E-state index is -0.313. The van der Waals surface area contributed by atoms with Crippen molar-refractivity contribution < 1.29 is 5.11 Å². The number of hydrogen-bond acceptors (Lipinski definition) is 3. The average Bonchev–Trinajstić information content (AvgIpc) is 2.76. The van der Waals surface area contributed by atoms with Crippen molar-refractivity contribution in [1.29, 1.82) is 0 Å². The van der Waals surface area contributed by atoms with Gasteiger partial charge in [-0.2, -0.15) is 0 Å². The number of hydrogen-bond donors (Lipinski definition) is 2. The fraction of sp³-hybridized carbons (Fsp3) is 0.667. The van der Waals surface area contributed by atoms with E-state index in [1.54, 1.807) is 17.7 Å². The van der Waals surface area contributed by atoms with E-state index in [0.717, 1.165) is 12.8 Å². The van der Waals surface area contributed by atoms with Crippen molar-refractivity contribution >= 4 is 0 Å². The summed E-state index contributed by atoms with van der Waals surface area (Å²) in [6.07, 6.45) is 3.55. The molecule has 5 nitrogen and oxygen atoms in total. The van der Waals surface area contributed by atoms with E-state index in [4.69, 9.17) is 5.11 Å². The summed E-state index contributed by atoms with van der Waals surface area (Å²) in [6.45, 7) is 1.97. The van der Waals surface area contributed by atoms with Crippen molar-refractivity contribution in [2.24, 2.45) is 17.8 Å². The minimum absolute atomic E-state index is 0.191. The molecule has 5 heteroatoms. The molecule has 0 radical (unpaired) electrons. The number of fused-ring (bicyclic) bond motifs is 1. The highest BCUT2D eigenvalue weighted by Gasteiger charge is 2.55. The van der Waals surface area contributed by atoms with Crippen LogP contribution in [0.1, 0.15) is 24.4 Å². The molecule has 1 heterocycles. The number of aliphatic hydroxyl groups is 1. The maximum absolute atomic E-state index is 11.7. The van der Waals surface area contributed by atoms with Crippen LogP contribution in [0.25, 0.3) is 0 Å². The number of nitrogens with zero attached hydrogens (tertiary/aromatic N) is 1. The first-order valence-electron chi connectivity index (χ1n) is 6.04. The average molecular weight is 236 g/mol. The van der Waals surface area contributed by atoms with E-state index >= 15 is 0 Å². The Morgan fingerprint density at radius 2 is 2.06 bits per heavy atom. The number of H-pyrrole nitrogens is 1. The molecule has 2 aliphatic carbocycles. The van der Waals surface area contributed by atoms with Gasteiger partial charge in [0.15, 0.2) is 0 Å². The van der Waals surface area contributed by atoms with Gasteiger partial charge in [0.2, 0.25) is 0 Å². The SMILES string of the molecule is Cc1cn(C2C[C@@H]3C(CO)[C@@H]3C2)c(=O)[nH]c1=O. The van der Waals surface area contributed by atoms with Crippen LogP contribution in [0.4, 0.5) is 0 Å². The molecule has 2 unspecified atom stereocenters. The zero-order chi connectivity index (χ0) is 12.2. The van der Waals surface area contributed by atoms with Crippen LogP contribution in [0, 0.1) is 24.7 Å². The number of aromatic nitrogens is 2. The summed E-state index contributed by atoms with van der Waals surface area (Å²) < 4.78 is 1.65. The van der Waals surface area contributed by atoms with E-state index in [9.17, 15) is 9.59 Å². The summed E-state index contributed by atoms with van der Waals surface area (Å²) in [5, 5.41) is 9.09. The molecule has 0 aliphatic heterocycles. The molecule has 0 amide bonds. The van der Waals surface area contributed by atoms with Gasteiger partial charge in [0.05, 0.1) is 0 Å². The number of aryl methyl sites for hydroxylation is 1. The third-order valence-electron chi connectivity index (χ3n) is 4.35. The molecule has 2 aliphatic rings. The molecule has 1 aromatic heterocycles. The molecule has 3 rings (SSSR count). The summed E-state index contributed by atoms with van der Waals surface area (Å²) in [4.78, 5) is 25.3. The van der Waals surface area contributed by atoms with Crippen molar-refractivity contribution in [3.63, 3.8) is 0 Å². The number of nitrogens with one attached hydrogen (secondary N) is 1. The monoisotopic (exact) mass is 236 g/mol. The smallest absolute Gasteiger partial charge is 0.328 e. The van der Waals surface area contributed by atoms with Crippen LogP contribution in [0.5, 0.6) is 0 Å². The van der Waals surface area contributed by atoms with Crippen LogP contribution in [0.2, 0.25) is 0 Å². The van der Waals surface area contributed by atoms with Crippen LogP contribution < -0.4 is 11.2 Å². The fourth-order valence-corrected chi connectivity index (χ4v) is 3.30. The van der Waals surface area contributed by atoms with Gasteiger partial charge in [0, 0.05) is 24.4 Å². The summed E-state index contributed by atoms with van der Waals surface area (Å²) >= 11 is 0. The highest BCUT2D eigenvalue weighted by molar-refractivity contribution is 5.08. The minimum Gasteiger partial charge on any atom is -0.396 e. The second kappa shape index (κ2) is 3.57. The highest BCUT2D eigenvalue weighted by Crippen LogP contribution is 2.60. The van der Waals surface area contributed by atoms with E-state index in [1.807, 2.05) is 0 Å². The van der Waals surface area contributed by atoms with Gasteiger partial charge in [-0.15, -0.1) is 0 Å². The predicted molar refractivity (Wildman–Crippen MR) is 61.9 cm³/mol. The van der Waals surface area contributed by atoms with E-state index in [2.05, 4.69) is 4.98 Å². The van der Waals surface area contributed by atoms with E-state index < -0.39 is 0 Å². The van der Waals surface area contributed by atoms with Gasteiger partial charge in [-0.25, -0.2) is 4.79 Å². The Bertz CT molecular complexity index is 548. The molecule has 4 atom stereocenters. The van der Waals surface area contributed by atoms with Gasteiger partial charge < -0.3 is 5.11 Å². The van der Waals surface area contributed by atoms with Crippen molar-refractivity contribution in [2.75, 3.05) is 6.61 Å². The lowest BCUT2D eigenvalue weighted by molar-refractivity contribution is 0.246. The lowest BCUT2D eigenvalue weighted by atomic mass is 10.1. The Balaban J connectivity index is 1.86. The molecule has 0 spiro atoms. The summed E-state index contributed by atoms with van der Waals surface area (Å²) in [6, 6.07) is 0.191. The van der Waals surface area contributed by atoms with Gasteiger partial charge in [-0.05, 0) is 37.5 Å². The first kappa shape index (κ1) is 10.8. The highest BCUT2D eigenvalue weighted by atomic mass is 16.3. The Morgan fingerprint density at radius 1 is 1.41 bits per heavy atom. The fourth-order valence-electron chi connectivity index (χ4n) is 3.30. The standard InChI is InChI=1S/C12H16N2O3/c1-6-4-14(12(17)13-11(6)16)7-2-8-9(3-7)10(8)5-15/h4,7-10,15H,2-3,5H2,1H3,(H,13,16,17)/t7?,8-,9+,10?. The van der Waals surface area contributed by atoms with Gasteiger partial charge in [-0.1, -0.05) is 0 Å². The molecule has 17 heavy (non-hydrogen) atoms. The maximum Gasteiger partial charge on any atom is 0.328 e. The van der Waals surface area contributed by atoms with E-state index in [1.165, 1.54) is 0 Å². The molecule has 2 N–H and O–H groups in total. The Kier molecular flexibility index (Phi) is 2.26. The Morgan fingerprint density at radius 3 is 2.65 bits per heavy atom. The molecular formula is C12H16N2O3. The number of aromatic amines is 1. The molecule has 2 fully saturated rings. The predicted octanol–water partition coefficient (Wildman–Crippen LogP) is 0.0344. The summed E-state index contributed by atoms with van der Waals surface area (Å²) in [5.41, 5.74) is -0.0426. The largest absolute Gasteiger partial charge is 0.396 e. The van der Waals surface area contributed by atoms with Crippen LogP contribution in [0.3, 0.4) is 0 Å². The zero-order valence-electron chi connectivity index (χ0n) is 9.72. The number of rotatable bonds is 2. The van der Waals surface area contributed by atoms with Crippen molar-refractivity contribution in [2.45, 2.75) is 25.8 Å². The van der Waals surface area contributed by atoms with Crippen molar-refractivity contribution in [1.82, 2.24) is 9.55 Å².